The molecule has 1 rings (SSSR count). The molecule has 1 heterocycles. The second-order valence-electron chi connectivity index (χ2n) is 4.17. The Morgan fingerprint density at radius 2 is 1.77 bits per heavy atom. The first kappa shape index (κ1) is 10.9. The van der Waals surface area contributed by atoms with Crippen molar-refractivity contribution in [2.45, 2.75) is 31.4 Å². The van der Waals surface area contributed by atoms with Crippen molar-refractivity contribution in [1.82, 2.24) is 5.32 Å². The van der Waals surface area contributed by atoms with Crippen LogP contribution in [-0.2, 0) is 10.0 Å². The molecule has 0 unspecified atom stereocenters. The van der Waals surface area contributed by atoms with Crippen molar-refractivity contribution < 1.29 is 8.42 Å². The summed E-state index contributed by atoms with van der Waals surface area (Å²) in [4.78, 5) is 0. The fourth-order valence-corrected chi connectivity index (χ4v) is 2.45. The fraction of sp³-hybridized carbons (Fsp3) is 1.00. The van der Waals surface area contributed by atoms with Crippen molar-refractivity contribution in [3.63, 3.8) is 0 Å². The van der Waals surface area contributed by atoms with Crippen LogP contribution in [0.5, 0.6) is 0 Å². The molecule has 1 saturated heterocycles. The minimum atomic E-state index is -3.43. The zero-order chi connectivity index (χ0) is 10.1. The lowest BCUT2D eigenvalue weighted by molar-refractivity contribution is 0.305. The molecule has 3 N–H and O–H groups in total. The van der Waals surface area contributed by atoms with Crippen LogP contribution in [0.25, 0.3) is 0 Å². The quantitative estimate of drug-likeness (QED) is 0.670. The highest BCUT2D eigenvalue weighted by Crippen LogP contribution is 2.30. The van der Waals surface area contributed by atoms with E-state index < -0.39 is 14.8 Å². The van der Waals surface area contributed by atoms with Gasteiger partial charge in [-0.2, -0.15) is 0 Å². The van der Waals surface area contributed by atoms with Gasteiger partial charge in [-0.25, -0.2) is 13.6 Å². The van der Waals surface area contributed by atoms with Crippen LogP contribution in [0.4, 0.5) is 0 Å². The Hall–Kier alpha value is -0.130. The average molecular weight is 206 g/mol. The Balaban J connectivity index is 2.79. The van der Waals surface area contributed by atoms with Crippen molar-refractivity contribution in [1.29, 1.82) is 0 Å². The largest absolute Gasteiger partial charge is 0.317 e. The maximum absolute atomic E-state index is 11.3. The van der Waals surface area contributed by atoms with E-state index >= 15 is 0 Å². The average Bonchev–Trinajstić information content (AvgIpc) is 2.04. The Kier molecular flexibility index (Phi) is 2.99. The van der Waals surface area contributed by atoms with Crippen molar-refractivity contribution in [3.8, 4) is 0 Å². The van der Waals surface area contributed by atoms with Crippen LogP contribution < -0.4 is 10.5 Å². The number of hydrogen-bond acceptors (Lipinski definition) is 3. The summed E-state index contributed by atoms with van der Waals surface area (Å²) >= 11 is 0. The summed E-state index contributed by atoms with van der Waals surface area (Å²) in [7, 11) is -3.43. The highest BCUT2D eigenvalue weighted by Gasteiger charge is 2.39. The molecule has 0 aromatic carbocycles. The highest BCUT2D eigenvalue weighted by atomic mass is 32.2. The summed E-state index contributed by atoms with van der Waals surface area (Å²) in [5.74, 6) is 0.184. The van der Waals surface area contributed by atoms with E-state index in [2.05, 4.69) is 5.32 Å². The molecule has 0 aromatic heterocycles. The molecular weight excluding hydrogens is 188 g/mol. The highest BCUT2D eigenvalue weighted by molar-refractivity contribution is 7.90. The predicted octanol–water partition coefficient (Wildman–Crippen LogP) is 0.0531. The molecule has 0 bridgehead atoms. The van der Waals surface area contributed by atoms with Crippen molar-refractivity contribution in [2.24, 2.45) is 11.1 Å². The number of piperidine rings is 1. The van der Waals surface area contributed by atoms with Gasteiger partial charge in [-0.1, -0.05) is 0 Å². The molecule has 0 saturated carbocycles. The summed E-state index contributed by atoms with van der Waals surface area (Å²) in [6.45, 7) is 5.23. The van der Waals surface area contributed by atoms with E-state index in [0.29, 0.717) is 0 Å². The number of primary sulfonamides is 1. The van der Waals surface area contributed by atoms with Crippen LogP contribution in [0.15, 0.2) is 0 Å². The molecule has 0 radical (unpaired) electrons. The molecule has 1 aliphatic heterocycles. The van der Waals surface area contributed by atoms with E-state index in [9.17, 15) is 8.42 Å². The maximum Gasteiger partial charge on any atom is 0.214 e. The van der Waals surface area contributed by atoms with Crippen molar-refractivity contribution in [3.05, 3.63) is 0 Å². The number of hydrogen-bond donors (Lipinski definition) is 2. The third-order valence-electron chi connectivity index (χ3n) is 3.06. The first-order valence-corrected chi connectivity index (χ1v) is 6.13. The molecule has 4 nitrogen and oxygen atoms in total. The Morgan fingerprint density at radius 3 is 2.15 bits per heavy atom. The van der Waals surface area contributed by atoms with Gasteiger partial charge >= 0.3 is 0 Å². The van der Waals surface area contributed by atoms with Gasteiger partial charge in [0.05, 0.1) is 4.75 Å². The lowest BCUT2D eigenvalue weighted by Crippen LogP contribution is -2.48. The van der Waals surface area contributed by atoms with Gasteiger partial charge in [0.2, 0.25) is 10.0 Å². The van der Waals surface area contributed by atoms with Crippen LogP contribution in [0.3, 0.4) is 0 Å². The van der Waals surface area contributed by atoms with Gasteiger partial charge in [0.15, 0.2) is 0 Å². The summed E-state index contributed by atoms with van der Waals surface area (Å²) < 4.78 is 21.8. The molecule has 78 valence electrons. The molecule has 0 amide bonds. The third kappa shape index (κ3) is 2.21. The van der Waals surface area contributed by atoms with Crippen LogP contribution in [-0.4, -0.2) is 26.3 Å². The minimum Gasteiger partial charge on any atom is -0.317 e. The van der Waals surface area contributed by atoms with Crippen LogP contribution >= 0.6 is 0 Å². The maximum atomic E-state index is 11.3. The Morgan fingerprint density at radius 1 is 1.31 bits per heavy atom. The van der Waals surface area contributed by atoms with Gasteiger partial charge in [0.25, 0.3) is 0 Å². The van der Waals surface area contributed by atoms with Crippen LogP contribution in [0, 0.1) is 5.92 Å². The normalized spacial score (nSPS) is 21.8. The van der Waals surface area contributed by atoms with E-state index in [1.165, 1.54) is 0 Å². The van der Waals surface area contributed by atoms with E-state index in [1.54, 1.807) is 13.8 Å². The number of rotatable bonds is 2. The standard InChI is InChI=1S/C8H18N2O2S/c1-8(2,13(9,11)12)7-3-5-10-6-4-7/h7,10H,3-6H2,1-2H3,(H2,9,11,12). The first-order chi connectivity index (χ1) is 5.86. The second-order valence-corrected chi connectivity index (χ2v) is 6.31. The minimum absolute atomic E-state index is 0.184. The summed E-state index contributed by atoms with van der Waals surface area (Å²) in [5, 5.41) is 8.40. The molecule has 0 spiro atoms. The molecule has 1 aliphatic rings. The second kappa shape index (κ2) is 3.55. The predicted molar refractivity (Wildman–Crippen MR) is 52.8 cm³/mol. The monoisotopic (exact) mass is 206 g/mol. The first-order valence-electron chi connectivity index (χ1n) is 4.59. The van der Waals surface area contributed by atoms with Gasteiger partial charge in [-0.15, -0.1) is 0 Å². The summed E-state index contributed by atoms with van der Waals surface area (Å²) in [6, 6.07) is 0. The fourth-order valence-electron chi connectivity index (χ4n) is 1.75. The third-order valence-corrected chi connectivity index (χ3v) is 4.86. The molecule has 13 heavy (non-hydrogen) atoms. The van der Waals surface area contributed by atoms with Gasteiger partial charge < -0.3 is 5.32 Å². The molecule has 0 aromatic rings. The van der Waals surface area contributed by atoms with E-state index in [1.807, 2.05) is 0 Å². The smallest absolute Gasteiger partial charge is 0.214 e. The molecule has 0 atom stereocenters. The van der Waals surface area contributed by atoms with Gasteiger partial charge in [-0.3, -0.25) is 0 Å². The van der Waals surface area contributed by atoms with E-state index in [0.717, 1.165) is 25.9 Å². The lowest BCUT2D eigenvalue weighted by Gasteiger charge is -2.35. The molecular formula is C8H18N2O2S. The topological polar surface area (TPSA) is 72.2 Å². The van der Waals surface area contributed by atoms with Crippen LogP contribution in [0.2, 0.25) is 0 Å². The van der Waals surface area contributed by atoms with Crippen molar-refractivity contribution in [2.75, 3.05) is 13.1 Å². The van der Waals surface area contributed by atoms with E-state index in [4.69, 9.17) is 5.14 Å². The Bertz CT molecular complexity index is 266. The molecule has 1 fully saturated rings. The van der Waals surface area contributed by atoms with Gasteiger partial charge in [-0.05, 0) is 45.7 Å². The zero-order valence-corrected chi connectivity index (χ0v) is 9.02. The Labute approximate surface area is 79.9 Å². The van der Waals surface area contributed by atoms with E-state index in [-0.39, 0.29) is 5.92 Å². The SMILES string of the molecule is CC(C)(C1CCNCC1)S(N)(=O)=O. The summed E-state index contributed by atoms with van der Waals surface area (Å²) in [6.07, 6.45) is 1.78. The molecule has 5 heteroatoms. The van der Waals surface area contributed by atoms with Crippen molar-refractivity contribution >= 4 is 10.0 Å². The number of nitrogens with two attached hydrogens (primary N) is 1. The van der Waals surface area contributed by atoms with Gasteiger partial charge in [0.1, 0.15) is 0 Å². The molecule has 0 aliphatic carbocycles. The van der Waals surface area contributed by atoms with Gasteiger partial charge in [0, 0.05) is 0 Å². The lowest BCUT2D eigenvalue weighted by atomic mass is 9.86. The number of nitrogens with one attached hydrogen (secondary N) is 1. The van der Waals surface area contributed by atoms with Crippen LogP contribution in [0.1, 0.15) is 26.7 Å². The zero-order valence-electron chi connectivity index (χ0n) is 8.21. The summed E-state index contributed by atoms with van der Waals surface area (Å²) in [5.41, 5.74) is 0. The number of sulfonamides is 1.